The fraction of sp³-hybridized carbons (Fsp3) is 0.800. The van der Waals surface area contributed by atoms with E-state index in [4.69, 9.17) is 4.74 Å². The molecule has 0 unspecified atom stereocenters. The lowest BCUT2D eigenvalue weighted by Crippen LogP contribution is -1.97. The molecule has 0 rings (SSSR count). The van der Waals surface area contributed by atoms with Crippen molar-refractivity contribution in [3.8, 4) is 0 Å². The normalized spacial score (nSPS) is 10.7. The number of unbranched alkanes of at least 4 members (excludes halogenated alkanes) is 12. The van der Waals surface area contributed by atoms with Crippen molar-refractivity contribution in [3.05, 3.63) is 25.3 Å². The highest BCUT2D eigenvalue weighted by Crippen LogP contribution is 2.09. The molecule has 0 aliphatic carbocycles. The van der Waals surface area contributed by atoms with E-state index in [1.165, 1.54) is 89.9 Å². The van der Waals surface area contributed by atoms with E-state index < -0.39 is 0 Å². The van der Waals surface area contributed by atoms with Gasteiger partial charge in [0.2, 0.25) is 0 Å². The second kappa shape index (κ2) is 19.4. The summed E-state index contributed by atoms with van der Waals surface area (Å²) in [6.45, 7) is 9.43. The van der Waals surface area contributed by atoms with Crippen LogP contribution in [0.1, 0.15) is 89.9 Å². The number of hydrogen-bond donors (Lipinski definition) is 0. The maximum absolute atomic E-state index is 5.70. The van der Waals surface area contributed by atoms with E-state index in [1.807, 2.05) is 12.2 Å². The van der Waals surface area contributed by atoms with Crippen molar-refractivity contribution in [3.63, 3.8) is 0 Å². The fourth-order valence-corrected chi connectivity index (χ4v) is 2.50. The molecule has 0 N–H and O–H groups in total. The lowest BCUT2D eigenvalue weighted by atomic mass is 10.1. The van der Waals surface area contributed by atoms with Gasteiger partial charge in [-0.3, -0.25) is 0 Å². The van der Waals surface area contributed by atoms with Crippen LogP contribution in [-0.2, 0) is 4.74 Å². The Morgan fingerprint density at radius 2 is 0.810 bits per heavy atom. The molecular weight excluding hydrogens is 256 g/mol. The van der Waals surface area contributed by atoms with Gasteiger partial charge in [-0.2, -0.15) is 0 Å². The summed E-state index contributed by atoms with van der Waals surface area (Å²) in [5.41, 5.74) is 0. The molecule has 0 atom stereocenters. The van der Waals surface area contributed by atoms with Crippen LogP contribution < -0.4 is 0 Å². The van der Waals surface area contributed by atoms with Crippen LogP contribution >= 0.6 is 0 Å². The van der Waals surface area contributed by atoms with Gasteiger partial charge >= 0.3 is 0 Å². The van der Waals surface area contributed by atoms with Crippen LogP contribution in [0.5, 0.6) is 0 Å². The topological polar surface area (TPSA) is 9.23 Å². The van der Waals surface area contributed by atoms with E-state index in [9.17, 15) is 0 Å². The van der Waals surface area contributed by atoms with Gasteiger partial charge in [0.15, 0.2) is 0 Å². The monoisotopic (exact) mass is 294 g/mol. The molecule has 21 heavy (non-hydrogen) atoms. The Morgan fingerprint density at radius 3 is 1.19 bits per heavy atom. The van der Waals surface area contributed by atoms with E-state index in [0.29, 0.717) is 0 Å². The number of ether oxygens (including phenoxy) is 1. The van der Waals surface area contributed by atoms with E-state index in [-0.39, 0.29) is 0 Å². The molecule has 124 valence electrons. The van der Waals surface area contributed by atoms with Crippen molar-refractivity contribution in [1.29, 1.82) is 0 Å². The first-order chi connectivity index (χ1) is 10.4. The average molecular weight is 295 g/mol. The third-order valence-electron chi connectivity index (χ3n) is 3.89. The fourth-order valence-electron chi connectivity index (χ4n) is 2.50. The Labute approximate surface area is 133 Å². The van der Waals surface area contributed by atoms with Gasteiger partial charge < -0.3 is 4.74 Å². The molecule has 1 nitrogen and oxygen atoms in total. The third-order valence-corrected chi connectivity index (χ3v) is 3.89. The highest BCUT2D eigenvalue weighted by atomic mass is 16.5. The Kier molecular flexibility index (Phi) is 18.9. The second-order valence-corrected chi connectivity index (χ2v) is 6.01. The molecule has 0 saturated carbocycles. The zero-order valence-electron chi connectivity index (χ0n) is 14.3. The maximum Gasteiger partial charge on any atom is 0.0466 e. The minimum atomic E-state index is 0.964. The van der Waals surface area contributed by atoms with E-state index >= 15 is 0 Å². The third kappa shape index (κ3) is 19.4. The lowest BCUT2D eigenvalue weighted by Gasteiger charge is -2.05. The molecule has 1 heteroatoms. The predicted octanol–water partition coefficient (Wildman–Crippen LogP) is 6.84. The largest absolute Gasteiger partial charge is 0.381 e. The van der Waals surface area contributed by atoms with Crippen LogP contribution in [0, 0.1) is 0 Å². The highest BCUT2D eigenvalue weighted by molar-refractivity contribution is 4.65. The van der Waals surface area contributed by atoms with Crippen molar-refractivity contribution in [2.24, 2.45) is 0 Å². The standard InChI is InChI=1S/C20H38O/c1-3-5-7-9-11-13-15-17-19-21-20-18-16-14-12-10-8-6-4-2/h3-4H,1-2,5-20H2. The molecule has 0 saturated heterocycles. The summed E-state index contributed by atoms with van der Waals surface area (Å²) in [5, 5.41) is 0. The number of hydrogen-bond acceptors (Lipinski definition) is 1. The molecule has 0 heterocycles. The summed E-state index contributed by atoms with van der Waals surface area (Å²) in [7, 11) is 0. The van der Waals surface area contributed by atoms with Gasteiger partial charge in [0.25, 0.3) is 0 Å². The molecule has 0 aromatic heterocycles. The maximum atomic E-state index is 5.70. The summed E-state index contributed by atoms with van der Waals surface area (Å²) in [5.74, 6) is 0. The molecule has 0 spiro atoms. The summed E-state index contributed by atoms with van der Waals surface area (Å²) < 4.78 is 5.70. The molecule has 0 aliphatic heterocycles. The molecule has 0 amide bonds. The smallest absolute Gasteiger partial charge is 0.0466 e. The summed E-state index contributed by atoms with van der Waals surface area (Å²) in [6, 6.07) is 0. The van der Waals surface area contributed by atoms with E-state index in [0.717, 1.165) is 13.2 Å². The quantitative estimate of drug-likeness (QED) is 0.199. The van der Waals surface area contributed by atoms with Crippen LogP contribution in [0.15, 0.2) is 25.3 Å². The van der Waals surface area contributed by atoms with Crippen LogP contribution in [0.3, 0.4) is 0 Å². The van der Waals surface area contributed by atoms with Gasteiger partial charge in [0.1, 0.15) is 0 Å². The zero-order chi connectivity index (χ0) is 15.4. The van der Waals surface area contributed by atoms with Gasteiger partial charge in [-0.15, -0.1) is 13.2 Å². The Balaban J connectivity index is 2.93. The molecule has 0 radical (unpaired) electrons. The van der Waals surface area contributed by atoms with Crippen LogP contribution in [0.25, 0.3) is 0 Å². The SMILES string of the molecule is C=CCCCCCCCCOCCCCCCCCC=C. The molecule has 0 aromatic rings. The van der Waals surface area contributed by atoms with Crippen molar-refractivity contribution < 1.29 is 4.74 Å². The summed E-state index contributed by atoms with van der Waals surface area (Å²) in [6.07, 6.45) is 22.4. The first-order valence-electron chi connectivity index (χ1n) is 9.21. The van der Waals surface area contributed by atoms with Gasteiger partial charge in [-0.05, 0) is 38.5 Å². The Bertz CT molecular complexity index is 188. The first kappa shape index (κ1) is 20.4. The molecule has 0 aliphatic rings. The molecule has 0 aromatic carbocycles. The average Bonchev–Trinajstić information content (AvgIpc) is 2.50. The second-order valence-electron chi connectivity index (χ2n) is 6.01. The molecule has 0 fully saturated rings. The minimum absolute atomic E-state index is 0.964. The van der Waals surface area contributed by atoms with E-state index in [2.05, 4.69) is 13.2 Å². The van der Waals surface area contributed by atoms with Crippen molar-refractivity contribution in [2.45, 2.75) is 89.9 Å². The van der Waals surface area contributed by atoms with Crippen molar-refractivity contribution in [2.75, 3.05) is 13.2 Å². The van der Waals surface area contributed by atoms with Gasteiger partial charge in [0.05, 0.1) is 0 Å². The number of rotatable bonds is 18. The highest BCUT2D eigenvalue weighted by Gasteiger charge is 1.93. The van der Waals surface area contributed by atoms with Crippen LogP contribution in [-0.4, -0.2) is 13.2 Å². The number of allylic oxidation sites excluding steroid dienone is 2. The Hall–Kier alpha value is -0.560. The van der Waals surface area contributed by atoms with Gasteiger partial charge in [-0.25, -0.2) is 0 Å². The van der Waals surface area contributed by atoms with Gasteiger partial charge in [-0.1, -0.05) is 63.5 Å². The summed E-state index contributed by atoms with van der Waals surface area (Å²) in [4.78, 5) is 0. The van der Waals surface area contributed by atoms with Crippen molar-refractivity contribution in [1.82, 2.24) is 0 Å². The molecular formula is C20H38O. The van der Waals surface area contributed by atoms with E-state index in [1.54, 1.807) is 0 Å². The summed E-state index contributed by atoms with van der Waals surface area (Å²) >= 11 is 0. The van der Waals surface area contributed by atoms with Crippen LogP contribution in [0.4, 0.5) is 0 Å². The Morgan fingerprint density at radius 1 is 0.476 bits per heavy atom. The molecule has 0 bridgehead atoms. The lowest BCUT2D eigenvalue weighted by molar-refractivity contribution is 0.125. The zero-order valence-corrected chi connectivity index (χ0v) is 14.3. The van der Waals surface area contributed by atoms with Gasteiger partial charge in [0, 0.05) is 13.2 Å². The first-order valence-corrected chi connectivity index (χ1v) is 9.21. The minimum Gasteiger partial charge on any atom is -0.381 e. The predicted molar refractivity (Wildman–Crippen MR) is 95.9 cm³/mol. The van der Waals surface area contributed by atoms with Crippen molar-refractivity contribution >= 4 is 0 Å². The van der Waals surface area contributed by atoms with Crippen LogP contribution in [0.2, 0.25) is 0 Å².